The first-order chi connectivity index (χ1) is 13.7. The van der Waals surface area contributed by atoms with E-state index >= 15 is 0 Å². The van der Waals surface area contributed by atoms with Gasteiger partial charge in [0.05, 0.1) is 30.3 Å². The van der Waals surface area contributed by atoms with Gasteiger partial charge in [0.15, 0.2) is 0 Å². The number of aromatic nitrogens is 1. The summed E-state index contributed by atoms with van der Waals surface area (Å²) in [6.45, 7) is 9.94. The lowest BCUT2D eigenvalue weighted by atomic mass is 10.0. The molecule has 2 aromatic rings. The lowest BCUT2D eigenvalue weighted by Crippen LogP contribution is -2.35. The first kappa shape index (κ1) is 20.5. The van der Waals surface area contributed by atoms with E-state index in [9.17, 15) is 14.9 Å². The number of amides is 1. The molecule has 1 aliphatic rings. The predicted octanol–water partition coefficient (Wildman–Crippen LogP) is 2.99. The quantitative estimate of drug-likeness (QED) is 0.859. The average Bonchev–Trinajstić information content (AvgIpc) is 2.79. The molecule has 0 bridgehead atoms. The highest BCUT2D eigenvalue weighted by Gasteiger charge is 2.30. The Hall–Kier alpha value is -3.27. The third-order valence-corrected chi connectivity index (χ3v) is 4.93. The molecule has 0 saturated carbocycles. The SMILES string of the molecule is Cc1cc(C)c(CN2CCOc3c(C#N)cc(OC(C)C)c(C)c3C2=O)c(=O)[nH]1. The molecule has 0 aliphatic carbocycles. The smallest absolute Gasteiger partial charge is 0.258 e. The van der Waals surface area contributed by atoms with Crippen LogP contribution in [0, 0.1) is 32.1 Å². The Morgan fingerprint density at radius 2 is 2.00 bits per heavy atom. The number of aryl methyl sites for hydroxylation is 2. The minimum Gasteiger partial charge on any atom is -0.491 e. The van der Waals surface area contributed by atoms with Gasteiger partial charge in [-0.3, -0.25) is 9.59 Å². The van der Waals surface area contributed by atoms with Crippen molar-refractivity contribution >= 4 is 5.91 Å². The van der Waals surface area contributed by atoms with E-state index in [2.05, 4.69) is 11.1 Å². The van der Waals surface area contributed by atoms with Crippen LogP contribution in [0.1, 0.15) is 52.2 Å². The summed E-state index contributed by atoms with van der Waals surface area (Å²) in [5.41, 5.74) is 3.15. The second kappa shape index (κ2) is 8.00. The van der Waals surface area contributed by atoms with E-state index in [1.807, 2.05) is 33.8 Å². The highest BCUT2D eigenvalue weighted by molar-refractivity contribution is 6.00. The maximum absolute atomic E-state index is 13.4. The van der Waals surface area contributed by atoms with Crippen LogP contribution in [0.5, 0.6) is 11.5 Å². The first-order valence-electron chi connectivity index (χ1n) is 9.58. The van der Waals surface area contributed by atoms with Crippen LogP contribution in [-0.4, -0.2) is 35.0 Å². The number of carbonyl (C=O) groups excluding carboxylic acids is 1. The van der Waals surface area contributed by atoms with Crippen molar-refractivity contribution in [3.63, 3.8) is 0 Å². The maximum atomic E-state index is 13.4. The summed E-state index contributed by atoms with van der Waals surface area (Å²) in [7, 11) is 0. The van der Waals surface area contributed by atoms with Crippen LogP contribution in [0.4, 0.5) is 0 Å². The molecule has 3 rings (SSSR count). The van der Waals surface area contributed by atoms with Gasteiger partial charge in [0, 0.05) is 22.9 Å². The largest absolute Gasteiger partial charge is 0.491 e. The summed E-state index contributed by atoms with van der Waals surface area (Å²) in [5, 5.41) is 9.57. The standard InChI is InChI=1S/C22H25N3O4/c1-12(2)29-18-9-16(10-23)20-19(15(18)5)22(27)25(6-7-28-20)11-17-13(3)8-14(4)24-21(17)26/h8-9,12H,6-7,11H2,1-5H3,(H,24,26). The molecule has 1 aliphatic heterocycles. The fraction of sp³-hybridized carbons (Fsp3) is 0.409. The van der Waals surface area contributed by atoms with Crippen molar-refractivity contribution in [1.82, 2.24) is 9.88 Å². The second-order valence-electron chi connectivity index (χ2n) is 7.55. The Balaban J connectivity index is 2.07. The first-order valence-corrected chi connectivity index (χ1v) is 9.58. The third kappa shape index (κ3) is 3.97. The van der Waals surface area contributed by atoms with Gasteiger partial charge in [-0.05, 0) is 46.2 Å². The van der Waals surface area contributed by atoms with Crippen molar-refractivity contribution in [2.45, 2.75) is 47.3 Å². The molecule has 0 fully saturated rings. The summed E-state index contributed by atoms with van der Waals surface area (Å²) in [4.78, 5) is 30.2. The van der Waals surface area contributed by atoms with Crippen molar-refractivity contribution in [3.8, 4) is 17.6 Å². The number of pyridine rings is 1. The number of H-pyrrole nitrogens is 1. The number of carbonyl (C=O) groups is 1. The Labute approximate surface area is 169 Å². The number of ether oxygens (including phenoxy) is 2. The number of hydrogen-bond acceptors (Lipinski definition) is 5. The summed E-state index contributed by atoms with van der Waals surface area (Å²) < 4.78 is 11.6. The Kier molecular flexibility index (Phi) is 5.64. The number of nitrogens with one attached hydrogen (secondary N) is 1. The normalized spacial score (nSPS) is 13.6. The zero-order chi connectivity index (χ0) is 21.3. The van der Waals surface area contributed by atoms with Gasteiger partial charge < -0.3 is 19.4 Å². The topological polar surface area (TPSA) is 95.4 Å². The zero-order valence-electron chi connectivity index (χ0n) is 17.4. The number of aromatic amines is 1. The molecular formula is C22H25N3O4. The zero-order valence-corrected chi connectivity index (χ0v) is 17.4. The van der Waals surface area contributed by atoms with E-state index in [4.69, 9.17) is 9.47 Å². The Morgan fingerprint density at radius 1 is 1.28 bits per heavy atom. The monoisotopic (exact) mass is 395 g/mol. The second-order valence-corrected chi connectivity index (χ2v) is 7.55. The summed E-state index contributed by atoms with van der Waals surface area (Å²) in [6, 6.07) is 5.61. The van der Waals surface area contributed by atoms with E-state index in [-0.39, 0.29) is 42.0 Å². The van der Waals surface area contributed by atoms with Gasteiger partial charge in [-0.1, -0.05) is 0 Å². The molecule has 2 heterocycles. The molecule has 1 amide bonds. The van der Waals surface area contributed by atoms with Crippen LogP contribution < -0.4 is 15.0 Å². The summed E-state index contributed by atoms with van der Waals surface area (Å²) in [6.07, 6.45) is -0.107. The van der Waals surface area contributed by atoms with Gasteiger partial charge in [0.1, 0.15) is 24.2 Å². The van der Waals surface area contributed by atoms with Gasteiger partial charge >= 0.3 is 0 Å². The minimum atomic E-state index is -0.278. The average molecular weight is 395 g/mol. The van der Waals surface area contributed by atoms with E-state index in [1.54, 1.807) is 17.9 Å². The van der Waals surface area contributed by atoms with Gasteiger partial charge in [0.2, 0.25) is 0 Å². The van der Waals surface area contributed by atoms with Crippen LogP contribution >= 0.6 is 0 Å². The number of nitrogens with zero attached hydrogens (tertiary/aromatic N) is 2. The molecule has 152 valence electrons. The molecule has 0 spiro atoms. The van der Waals surface area contributed by atoms with Crippen molar-refractivity contribution in [2.24, 2.45) is 0 Å². The van der Waals surface area contributed by atoms with E-state index in [0.29, 0.717) is 29.0 Å². The predicted molar refractivity (Wildman–Crippen MR) is 108 cm³/mol. The Morgan fingerprint density at radius 3 is 2.62 bits per heavy atom. The van der Waals surface area contributed by atoms with Gasteiger partial charge in [-0.2, -0.15) is 5.26 Å². The highest BCUT2D eigenvalue weighted by Crippen LogP contribution is 2.36. The molecule has 0 atom stereocenters. The Bertz CT molecular complexity index is 1060. The lowest BCUT2D eigenvalue weighted by molar-refractivity contribution is 0.0741. The van der Waals surface area contributed by atoms with Crippen molar-refractivity contribution in [1.29, 1.82) is 5.26 Å². The highest BCUT2D eigenvalue weighted by atomic mass is 16.5. The molecule has 29 heavy (non-hydrogen) atoms. The van der Waals surface area contributed by atoms with Crippen LogP contribution in [0.25, 0.3) is 0 Å². The van der Waals surface area contributed by atoms with Gasteiger partial charge in [-0.25, -0.2) is 0 Å². The number of hydrogen-bond donors (Lipinski definition) is 1. The summed E-state index contributed by atoms with van der Waals surface area (Å²) in [5.74, 6) is 0.488. The molecule has 1 N–H and O–H groups in total. The molecule has 0 unspecified atom stereocenters. The van der Waals surface area contributed by atoms with Crippen LogP contribution in [0.2, 0.25) is 0 Å². The number of fused-ring (bicyclic) bond motifs is 1. The summed E-state index contributed by atoms with van der Waals surface area (Å²) >= 11 is 0. The van der Waals surface area contributed by atoms with Crippen LogP contribution in [0.15, 0.2) is 16.9 Å². The number of rotatable bonds is 4. The molecule has 0 saturated heterocycles. The molecule has 1 aromatic carbocycles. The van der Waals surface area contributed by atoms with Gasteiger partial charge in [0.25, 0.3) is 11.5 Å². The van der Waals surface area contributed by atoms with Gasteiger partial charge in [-0.15, -0.1) is 0 Å². The van der Waals surface area contributed by atoms with Crippen molar-refractivity contribution in [3.05, 3.63) is 56.0 Å². The van der Waals surface area contributed by atoms with E-state index < -0.39 is 0 Å². The van der Waals surface area contributed by atoms with Crippen LogP contribution in [-0.2, 0) is 6.54 Å². The van der Waals surface area contributed by atoms with Crippen LogP contribution in [0.3, 0.4) is 0 Å². The molecule has 0 radical (unpaired) electrons. The van der Waals surface area contributed by atoms with Crippen molar-refractivity contribution < 1.29 is 14.3 Å². The molecular weight excluding hydrogens is 370 g/mol. The third-order valence-electron chi connectivity index (χ3n) is 4.93. The minimum absolute atomic E-state index is 0.107. The molecule has 1 aromatic heterocycles. The van der Waals surface area contributed by atoms with E-state index in [1.165, 1.54) is 0 Å². The van der Waals surface area contributed by atoms with E-state index in [0.717, 1.165) is 11.3 Å². The lowest BCUT2D eigenvalue weighted by Gasteiger charge is -2.22. The fourth-order valence-electron chi connectivity index (χ4n) is 3.54. The molecule has 7 nitrogen and oxygen atoms in total. The van der Waals surface area contributed by atoms with Crippen molar-refractivity contribution in [2.75, 3.05) is 13.2 Å². The number of benzene rings is 1. The number of nitriles is 1. The fourth-order valence-corrected chi connectivity index (χ4v) is 3.54. The maximum Gasteiger partial charge on any atom is 0.258 e. The molecule has 7 heteroatoms.